The highest BCUT2D eigenvalue weighted by Crippen LogP contribution is 2.25. The van der Waals surface area contributed by atoms with Crippen molar-refractivity contribution in [1.29, 1.82) is 0 Å². The molecule has 0 spiro atoms. The van der Waals surface area contributed by atoms with Gasteiger partial charge in [-0.25, -0.2) is 4.79 Å². The van der Waals surface area contributed by atoms with Crippen molar-refractivity contribution in [2.45, 2.75) is 32.4 Å². The lowest BCUT2D eigenvalue weighted by Crippen LogP contribution is -2.40. The van der Waals surface area contributed by atoms with Crippen molar-refractivity contribution in [2.75, 3.05) is 13.9 Å². The normalized spacial score (nSPS) is 12.4. The van der Waals surface area contributed by atoms with Gasteiger partial charge in [0.1, 0.15) is 17.4 Å². The molecule has 1 unspecified atom stereocenters. The van der Waals surface area contributed by atoms with Crippen molar-refractivity contribution in [2.24, 2.45) is 5.73 Å². The predicted molar refractivity (Wildman–Crippen MR) is 80.3 cm³/mol. The Balaban J connectivity index is 2.96. The minimum absolute atomic E-state index is 0.00886. The molecular weight excluding hydrogens is 288 g/mol. The number of methoxy groups -OCH3 is 1. The van der Waals surface area contributed by atoms with E-state index in [2.05, 4.69) is 5.32 Å². The van der Waals surface area contributed by atoms with Crippen LogP contribution < -0.4 is 15.8 Å². The van der Waals surface area contributed by atoms with Crippen LogP contribution >= 0.6 is 0 Å². The van der Waals surface area contributed by atoms with Crippen molar-refractivity contribution in [1.82, 2.24) is 5.32 Å². The summed E-state index contributed by atoms with van der Waals surface area (Å²) in [5.41, 5.74) is 5.13. The van der Waals surface area contributed by atoms with Crippen LogP contribution in [0.5, 0.6) is 5.75 Å². The molecule has 0 aliphatic heterocycles. The first kappa shape index (κ1) is 17.8. The molecule has 0 aliphatic rings. The van der Waals surface area contributed by atoms with Gasteiger partial charge in [-0.3, -0.25) is 4.79 Å². The number of amides is 2. The molecule has 7 heteroatoms. The zero-order valence-electron chi connectivity index (χ0n) is 13.2. The van der Waals surface area contributed by atoms with Gasteiger partial charge in [0.05, 0.1) is 0 Å². The lowest BCUT2D eigenvalue weighted by atomic mass is 10.1. The summed E-state index contributed by atoms with van der Waals surface area (Å²) >= 11 is 0. The molecule has 0 fully saturated rings. The minimum atomic E-state index is -1.07. The molecule has 122 valence electrons. The SMILES string of the molecule is COCOc1ccccc1C(NC(=O)OC(C)(C)C)C(N)=O. The Labute approximate surface area is 129 Å². The molecule has 0 saturated heterocycles. The molecule has 3 N–H and O–H groups in total. The Bertz CT molecular complexity index is 525. The van der Waals surface area contributed by atoms with Crippen molar-refractivity contribution in [3.8, 4) is 5.75 Å². The Morgan fingerprint density at radius 2 is 1.91 bits per heavy atom. The first-order chi connectivity index (χ1) is 10.2. The van der Waals surface area contributed by atoms with Gasteiger partial charge in [-0.15, -0.1) is 0 Å². The van der Waals surface area contributed by atoms with E-state index in [1.807, 2.05) is 0 Å². The molecule has 7 nitrogen and oxygen atoms in total. The maximum absolute atomic E-state index is 11.9. The maximum atomic E-state index is 11.9. The van der Waals surface area contributed by atoms with Gasteiger partial charge >= 0.3 is 6.09 Å². The molecule has 0 aromatic heterocycles. The number of ether oxygens (including phenoxy) is 3. The number of hydrogen-bond acceptors (Lipinski definition) is 5. The van der Waals surface area contributed by atoms with E-state index >= 15 is 0 Å². The molecule has 0 saturated carbocycles. The minimum Gasteiger partial charge on any atom is -0.467 e. The van der Waals surface area contributed by atoms with Crippen LogP contribution in [0, 0.1) is 0 Å². The standard InChI is InChI=1S/C15H22N2O5/c1-15(2,3)22-14(19)17-12(13(16)18)10-7-5-6-8-11(10)21-9-20-4/h5-8,12H,9H2,1-4H3,(H2,16,18)(H,17,19). The van der Waals surface area contributed by atoms with Crippen molar-refractivity contribution in [3.05, 3.63) is 29.8 Å². The average molecular weight is 310 g/mol. The van der Waals surface area contributed by atoms with Crippen LogP contribution in [-0.2, 0) is 14.3 Å². The van der Waals surface area contributed by atoms with Crippen LogP contribution in [0.2, 0.25) is 0 Å². The smallest absolute Gasteiger partial charge is 0.408 e. The number of nitrogens with one attached hydrogen (secondary N) is 1. The molecule has 1 aromatic carbocycles. The number of benzene rings is 1. The molecule has 1 atom stereocenters. The van der Waals surface area contributed by atoms with Gasteiger partial charge in [0.15, 0.2) is 6.79 Å². The number of primary amides is 1. The number of alkyl carbamates (subject to hydrolysis) is 1. The molecule has 1 rings (SSSR count). The summed E-state index contributed by atoms with van der Waals surface area (Å²) in [5.74, 6) is -0.330. The van der Waals surface area contributed by atoms with Crippen LogP contribution in [0.1, 0.15) is 32.4 Å². The predicted octanol–water partition coefficient (Wildman–Crippen LogP) is 1.72. The molecule has 1 aromatic rings. The van der Waals surface area contributed by atoms with E-state index in [1.54, 1.807) is 45.0 Å². The summed E-state index contributed by atoms with van der Waals surface area (Å²) in [6.45, 7) is 5.18. The Morgan fingerprint density at radius 3 is 2.45 bits per heavy atom. The summed E-state index contributed by atoms with van der Waals surface area (Å²) in [5, 5.41) is 2.45. The third-order valence-electron chi connectivity index (χ3n) is 2.51. The molecule has 2 amide bonds. The highest BCUT2D eigenvalue weighted by Gasteiger charge is 2.26. The largest absolute Gasteiger partial charge is 0.467 e. The maximum Gasteiger partial charge on any atom is 0.408 e. The van der Waals surface area contributed by atoms with Crippen LogP contribution in [0.25, 0.3) is 0 Å². The van der Waals surface area contributed by atoms with Gasteiger partial charge < -0.3 is 25.3 Å². The fourth-order valence-electron chi connectivity index (χ4n) is 1.70. The fourth-order valence-corrected chi connectivity index (χ4v) is 1.70. The Hall–Kier alpha value is -2.28. The molecular formula is C15H22N2O5. The Morgan fingerprint density at radius 1 is 1.27 bits per heavy atom. The number of carbonyl (C=O) groups excluding carboxylic acids is 2. The summed E-state index contributed by atoms with van der Waals surface area (Å²) in [4.78, 5) is 23.6. The topological polar surface area (TPSA) is 99.9 Å². The highest BCUT2D eigenvalue weighted by atomic mass is 16.7. The molecule has 0 aliphatic carbocycles. The average Bonchev–Trinajstić information content (AvgIpc) is 2.41. The second kappa shape index (κ2) is 7.65. The van der Waals surface area contributed by atoms with Crippen molar-refractivity contribution < 1.29 is 23.8 Å². The van der Waals surface area contributed by atoms with E-state index in [4.69, 9.17) is 19.9 Å². The van der Waals surface area contributed by atoms with Gasteiger partial charge in [-0.1, -0.05) is 18.2 Å². The van der Waals surface area contributed by atoms with Crippen molar-refractivity contribution >= 4 is 12.0 Å². The number of rotatable bonds is 6. The number of carbonyl (C=O) groups is 2. The van der Waals surface area contributed by atoms with E-state index in [-0.39, 0.29) is 6.79 Å². The fraction of sp³-hybridized carbons (Fsp3) is 0.467. The summed E-state index contributed by atoms with van der Waals surface area (Å²) in [6, 6.07) is 5.67. The zero-order valence-corrected chi connectivity index (χ0v) is 13.2. The monoisotopic (exact) mass is 310 g/mol. The molecule has 0 bridgehead atoms. The lowest BCUT2D eigenvalue weighted by Gasteiger charge is -2.23. The summed E-state index contributed by atoms with van der Waals surface area (Å²) in [6.07, 6.45) is -0.738. The second-order valence-corrected chi connectivity index (χ2v) is 5.57. The van der Waals surface area contributed by atoms with Crippen LogP contribution in [0.3, 0.4) is 0 Å². The number of para-hydroxylation sites is 1. The number of hydrogen-bond donors (Lipinski definition) is 2. The molecule has 0 heterocycles. The highest BCUT2D eigenvalue weighted by molar-refractivity contribution is 5.86. The first-order valence-electron chi connectivity index (χ1n) is 6.74. The third-order valence-corrected chi connectivity index (χ3v) is 2.51. The summed E-state index contributed by atoms with van der Waals surface area (Å²) in [7, 11) is 1.48. The molecule has 0 radical (unpaired) electrons. The van der Waals surface area contributed by atoms with E-state index < -0.39 is 23.6 Å². The third kappa shape index (κ3) is 5.61. The van der Waals surface area contributed by atoms with Crippen LogP contribution in [0.4, 0.5) is 4.79 Å². The first-order valence-corrected chi connectivity index (χ1v) is 6.74. The second-order valence-electron chi connectivity index (χ2n) is 5.57. The van der Waals surface area contributed by atoms with Gasteiger partial charge in [0.25, 0.3) is 0 Å². The lowest BCUT2D eigenvalue weighted by molar-refractivity contribution is -0.120. The van der Waals surface area contributed by atoms with Gasteiger partial charge in [-0.05, 0) is 26.8 Å². The molecule has 22 heavy (non-hydrogen) atoms. The van der Waals surface area contributed by atoms with Gasteiger partial charge in [0.2, 0.25) is 5.91 Å². The van der Waals surface area contributed by atoms with E-state index in [0.29, 0.717) is 11.3 Å². The van der Waals surface area contributed by atoms with Gasteiger partial charge in [-0.2, -0.15) is 0 Å². The van der Waals surface area contributed by atoms with Crippen LogP contribution in [-0.4, -0.2) is 31.5 Å². The van der Waals surface area contributed by atoms with E-state index in [0.717, 1.165) is 0 Å². The quantitative estimate of drug-likeness (QED) is 0.779. The summed E-state index contributed by atoms with van der Waals surface area (Å²) < 4.78 is 15.4. The van der Waals surface area contributed by atoms with E-state index in [9.17, 15) is 9.59 Å². The zero-order chi connectivity index (χ0) is 16.8. The Kier molecular flexibility index (Phi) is 6.18. The van der Waals surface area contributed by atoms with Gasteiger partial charge in [0, 0.05) is 12.7 Å². The number of nitrogens with two attached hydrogens (primary N) is 1. The van der Waals surface area contributed by atoms with E-state index in [1.165, 1.54) is 7.11 Å². The van der Waals surface area contributed by atoms with Crippen molar-refractivity contribution in [3.63, 3.8) is 0 Å². The van der Waals surface area contributed by atoms with Crippen LogP contribution in [0.15, 0.2) is 24.3 Å².